The molecule has 9 N–H and O–H groups in total. The lowest BCUT2D eigenvalue weighted by molar-refractivity contribution is -0.359. The average molecular weight is 1290 g/mol. The summed E-state index contributed by atoms with van der Waals surface area (Å²) in [6, 6.07) is -0.917. The van der Waals surface area contributed by atoms with Gasteiger partial charge in [0.1, 0.15) is 48.8 Å². The highest BCUT2D eigenvalue weighted by Gasteiger charge is 2.51. The predicted octanol–water partition coefficient (Wildman–Crippen LogP) is 16.2. The number of allylic oxidation sites excluding steroid dienone is 11. The molecule has 12 unspecified atom stereocenters. The van der Waals surface area contributed by atoms with Crippen molar-refractivity contribution in [3.05, 3.63) is 72.9 Å². The lowest BCUT2D eigenvalue weighted by Crippen LogP contribution is -2.65. The van der Waals surface area contributed by atoms with Crippen molar-refractivity contribution in [3.8, 4) is 0 Å². The van der Waals surface area contributed by atoms with Crippen molar-refractivity contribution in [2.75, 3.05) is 19.8 Å². The van der Waals surface area contributed by atoms with Crippen LogP contribution >= 0.6 is 0 Å². The van der Waals surface area contributed by atoms with E-state index >= 15 is 0 Å². The lowest BCUT2D eigenvalue weighted by atomic mass is 9.97. The molecule has 0 aliphatic carbocycles. The van der Waals surface area contributed by atoms with Crippen molar-refractivity contribution in [2.45, 2.75) is 389 Å². The van der Waals surface area contributed by atoms with E-state index in [1.165, 1.54) is 218 Å². The first-order chi connectivity index (χ1) is 44.6. The molecule has 2 rings (SSSR count). The summed E-state index contributed by atoms with van der Waals surface area (Å²) in [5, 5.41) is 87.6. The molecular weight excluding hydrogens is 1150 g/mol. The Balaban J connectivity index is 1.62. The molecular formula is C77H139NO13. The van der Waals surface area contributed by atoms with E-state index in [2.05, 4.69) is 79.9 Å². The number of hydrogen-bond donors (Lipinski definition) is 9. The zero-order valence-electron chi connectivity index (χ0n) is 57.8. The molecule has 2 aliphatic heterocycles. The smallest absolute Gasteiger partial charge is 0.220 e. The summed E-state index contributed by atoms with van der Waals surface area (Å²) < 4.78 is 22.9. The van der Waals surface area contributed by atoms with E-state index in [4.69, 9.17) is 18.9 Å². The molecule has 12 atom stereocenters. The molecule has 0 bridgehead atoms. The molecule has 530 valence electrons. The van der Waals surface area contributed by atoms with Gasteiger partial charge in [0.2, 0.25) is 5.91 Å². The first-order valence-corrected chi connectivity index (χ1v) is 37.7. The summed E-state index contributed by atoms with van der Waals surface area (Å²) in [6.45, 7) is 2.73. The van der Waals surface area contributed by atoms with Crippen LogP contribution in [0.1, 0.15) is 316 Å². The van der Waals surface area contributed by atoms with Crippen LogP contribution in [0.4, 0.5) is 0 Å². The molecule has 2 heterocycles. The largest absolute Gasteiger partial charge is 0.394 e. The highest BCUT2D eigenvalue weighted by Crippen LogP contribution is 2.30. The van der Waals surface area contributed by atoms with E-state index in [1.807, 2.05) is 6.08 Å². The second-order valence-corrected chi connectivity index (χ2v) is 26.4. The highest BCUT2D eigenvalue weighted by molar-refractivity contribution is 5.76. The quantitative estimate of drug-likeness (QED) is 0.0204. The molecule has 0 aromatic carbocycles. The summed E-state index contributed by atoms with van der Waals surface area (Å²) in [6.07, 6.45) is 66.8. The van der Waals surface area contributed by atoms with E-state index in [0.717, 1.165) is 70.6 Å². The summed E-state index contributed by atoms with van der Waals surface area (Å²) in [5.41, 5.74) is 0. The van der Waals surface area contributed by atoms with Gasteiger partial charge in [0.25, 0.3) is 0 Å². The second kappa shape index (κ2) is 61.1. The van der Waals surface area contributed by atoms with Crippen molar-refractivity contribution >= 4 is 5.91 Å². The van der Waals surface area contributed by atoms with Gasteiger partial charge in [0, 0.05) is 6.42 Å². The average Bonchev–Trinajstić information content (AvgIpc) is 0.888. The maximum absolute atomic E-state index is 13.4. The number of unbranched alkanes of at least 4 members (excludes halogenated alkanes) is 39. The predicted molar refractivity (Wildman–Crippen MR) is 373 cm³/mol. The molecule has 0 radical (unpaired) electrons. The normalized spacial score (nSPS) is 23.2. The van der Waals surface area contributed by atoms with E-state index < -0.39 is 86.8 Å². The summed E-state index contributed by atoms with van der Waals surface area (Å²) in [4.78, 5) is 13.4. The zero-order chi connectivity index (χ0) is 65.9. The minimum atomic E-state index is -1.79. The van der Waals surface area contributed by atoms with Crippen molar-refractivity contribution in [1.82, 2.24) is 5.32 Å². The maximum atomic E-state index is 13.4. The number of carbonyl (C=O) groups excluding carboxylic acids is 1. The van der Waals surface area contributed by atoms with Gasteiger partial charge in [-0.2, -0.15) is 0 Å². The Labute approximate surface area is 555 Å². The van der Waals surface area contributed by atoms with Gasteiger partial charge in [-0.15, -0.1) is 0 Å². The van der Waals surface area contributed by atoms with Crippen LogP contribution in [-0.2, 0) is 23.7 Å². The van der Waals surface area contributed by atoms with Crippen LogP contribution in [0, 0.1) is 0 Å². The van der Waals surface area contributed by atoms with Crippen LogP contribution in [0.2, 0.25) is 0 Å². The van der Waals surface area contributed by atoms with E-state index in [1.54, 1.807) is 6.08 Å². The minimum absolute atomic E-state index is 0.235. The highest BCUT2D eigenvalue weighted by atomic mass is 16.7. The molecule has 2 saturated heterocycles. The number of rotatable bonds is 62. The zero-order valence-corrected chi connectivity index (χ0v) is 57.8. The first kappa shape index (κ1) is 84.5. The summed E-state index contributed by atoms with van der Waals surface area (Å²) in [5.74, 6) is -0.235. The number of amides is 1. The van der Waals surface area contributed by atoms with Crippen LogP contribution in [0.25, 0.3) is 0 Å². The fourth-order valence-electron chi connectivity index (χ4n) is 12.2. The van der Waals surface area contributed by atoms with Gasteiger partial charge < -0.3 is 65.1 Å². The Bertz CT molecular complexity index is 1800. The van der Waals surface area contributed by atoms with Crippen LogP contribution in [0.3, 0.4) is 0 Å². The number of nitrogens with one attached hydrogen (secondary N) is 1. The Morgan fingerprint density at radius 1 is 0.407 bits per heavy atom. The molecule has 14 heteroatoms. The molecule has 2 fully saturated rings. The molecule has 2 aliphatic rings. The van der Waals surface area contributed by atoms with Gasteiger partial charge in [0.05, 0.1) is 32.0 Å². The summed E-state index contributed by atoms with van der Waals surface area (Å²) in [7, 11) is 0. The fraction of sp³-hybridized carbons (Fsp3) is 0.831. The van der Waals surface area contributed by atoms with Crippen LogP contribution in [0.15, 0.2) is 72.9 Å². The topological polar surface area (TPSA) is 228 Å². The Morgan fingerprint density at radius 2 is 0.758 bits per heavy atom. The minimum Gasteiger partial charge on any atom is -0.394 e. The number of carbonyl (C=O) groups is 1. The van der Waals surface area contributed by atoms with Gasteiger partial charge in [-0.05, 0) is 64.2 Å². The Morgan fingerprint density at radius 3 is 1.16 bits per heavy atom. The van der Waals surface area contributed by atoms with Gasteiger partial charge in [-0.25, -0.2) is 0 Å². The van der Waals surface area contributed by atoms with Gasteiger partial charge >= 0.3 is 0 Å². The molecule has 0 spiro atoms. The van der Waals surface area contributed by atoms with Gasteiger partial charge in [-0.1, -0.05) is 318 Å². The molecule has 0 aromatic rings. The Hall–Kier alpha value is -2.57. The molecule has 91 heavy (non-hydrogen) atoms. The molecule has 0 aromatic heterocycles. The first-order valence-electron chi connectivity index (χ1n) is 37.7. The maximum Gasteiger partial charge on any atom is 0.220 e. The summed E-state index contributed by atoms with van der Waals surface area (Å²) >= 11 is 0. The van der Waals surface area contributed by atoms with Gasteiger partial charge in [-0.3, -0.25) is 4.79 Å². The molecule has 14 nitrogen and oxygen atoms in total. The fourth-order valence-corrected chi connectivity index (χ4v) is 12.2. The van der Waals surface area contributed by atoms with Crippen molar-refractivity contribution < 1.29 is 64.6 Å². The van der Waals surface area contributed by atoms with Crippen LogP contribution in [0.5, 0.6) is 0 Å². The van der Waals surface area contributed by atoms with Crippen LogP contribution < -0.4 is 5.32 Å². The third kappa shape index (κ3) is 44.7. The van der Waals surface area contributed by atoms with Crippen molar-refractivity contribution in [1.29, 1.82) is 0 Å². The monoisotopic (exact) mass is 1290 g/mol. The number of ether oxygens (including phenoxy) is 4. The third-order valence-corrected chi connectivity index (χ3v) is 18.1. The number of aliphatic hydroxyl groups excluding tert-OH is 8. The number of hydrogen-bond acceptors (Lipinski definition) is 13. The molecule has 0 saturated carbocycles. The van der Waals surface area contributed by atoms with Crippen molar-refractivity contribution in [2.24, 2.45) is 0 Å². The van der Waals surface area contributed by atoms with Gasteiger partial charge in [0.15, 0.2) is 12.6 Å². The van der Waals surface area contributed by atoms with Crippen LogP contribution in [-0.4, -0.2) is 140 Å². The van der Waals surface area contributed by atoms with E-state index in [0.29, 0.717) is 6.42 Å². The van der Waals surface area contributed by atoms with E-state index in [9.17, 15) is 45.6 Å². The third-order valence-electron chi connectivity index (χ3n) is 18.1. The SMILES string of the molecule is CC/C=C\C/C=C\C/C=C\C/C=C\C/C=C\CCCCCCCCCCCCCCCCCCCCCC(=O)NC(COC1OC(CO)C(OC2OC(CO)C(O)C(O)C2O)C(O)C1O)C(O)/C=C/CCCCCCCCCCCCCCCCCCCCCC. The van der Waals surface area contributed by atoms with Crippen molar-refractivity contribution in [3.63, 3.8) is 0 Å². The van der Waals surface area contributed by atoms with E-state index in [-0.39, 0.29) is 18.9 Å². The number of aliphatic hydroxyl groups is 8. The second-order valence-electron chi connectivity index (χ2n) is 26.4. The molecule has 1 amide bonds. The Kier molecular flexibility index (Phi) is 56.7. The standard InChI is InChI=1S/C77H139NO13/c1-3-5-7-9-11-13-15-17-19-21-23-25-27-28-29-30-31-32-33-34-35-36-37-38-39-41-43-45-47-49-51-53-55-57-59-61-69(82)78-65(64-88-76-74(87)72(85)75(68(63-80)90-76)91-77-73(86)71(84)70(83)67(62-79)89-77)66(81)60-58-56-54-52-50-48-46-44-42-40-26-24-22-20-18-16-14-12-10-8-6-4-2/h5,7,11,13,17,19,23,25,28-29,58,60,65-68,70-77,79-81,83-87H,3-4,6,8-10,12,14-16,18,20-22,24,26-27,30-57,59,61-64H2,1-2H3,(H,78,82)/b7-5-,13-11-,19-17-,25-23-,29-28-,60-58+. The lowest BCUT2D eigenvalue weighted by Gasteiger charge is -2.46.